The smallest absolute Gasteiger partial charge is 0.287 e. The Bertz CT molecular complexity index is 1130. The first-order valence-corrected chi connectivity index (χ1v) is 9.58. The normalized spacial score (nSPS) is 11.9. The van der Waals surface area contributed by atoms with Gasteiger partial charge >= 0.3 is 0 Å². The fourth-order valence-electron chi connectivity index (χ4n) is 2.86. The number of furan rings is 1. The quantitative estimate of drug-likeness (QED) is 0.531. The van der Waals surface area contributed by atoms with Gasteiger partial charge in [0.15, 0.2) is 10.9 Å². The van der Waals surface area contributed by atoms with Crippen molar-refractivity contribution >= 4 is 39.1 Å². The van der Waals surface area contributed by atoms with Crippen molar-refractivity contribution in [2.75, 3.05) is 5.32 Å². The molecule has 28 heavy (non-hydrogen) atoms. The van der Waals surface area contributed by atoms with E-state index in [4.69, 9.17) is 4.42 Å². The van der Waals surface area contributed by atoms with Gasteiger partial charge in [-0.25, -0.2) is 4.98 Å². The topological polar surface area (TPSA) is 84.2 Å². The van der Waals surface area contributed by atoms with Crippen LogP contribution in [0.5, 0.6) is 0 Å². The summed E-state index contributed by atoms with van der Waals surface area (Å²) in [6.45, 7) is 1.61. The van der Waals surface area contributed by atoms with Crippen LogP contribution in [0.25, 0.3) is 22.0 Å². The maximum Gasteiger partial charge on any atom is 0.287 e. The summed E-state index contributed by atoms with van der Waals surface area (Å²) in [6.07, 6.45) is 1.41. The van der Waals surface area contributed by atoms with E-state index in [0.29, 0.717) is 5.13 Å². The molecule has 0 radical (unpaired) electrons. The lowest BCUT2D eigenvalue weighted by Gasteiger charge is -2.11. The van der Waals surface area contributed by atoms with Gasteiger partial charge in [-0.3, -0.25) is 9.59 Å². The monoisotopic (exact) mass is 391 g/mol. The molecule has 0 saturated heterocycles. The van der Waals surface area contributed by atoms with Crippen molar-refractivity contribution in [1.29, 1.82) is 0 Å². The molecule has 4 aromatic rings. The van der Waals surface area contributed by atoms with E-state index in [0.717, 1.165) is 22.0 Å². The lowest BCUT2D eigenvalue weighted by atomic mass is 10.0. The van der Waals surface area contributed by atoms with E-state index < -0.39 is 11.9 Å². The molecular weight excluding hydrogens is 374 g/mol. The van der Waals surface area contributed by atoms with Gasteiger partial charge in [0.25, 0.3) is 5.91 Å². The van der Waals surface area contributed by atoms with Gasteiger partial charge in [-0.15, -0.1) is 11.3 Å². The standard InChI is InChI=1S/C21H17N3O3S/c1-13(22-20(26)18-10-5-11-27-18)19(25)24-21-23-17(12-28-21)16-9-4-7-14-6-2-3-8-15(14)16/h2-13H,1H3,(H,22,26)(H,23,24,25)/t13-/m0/s1. The van der Waals surface area contributed by atoms with E-state index in [2.05, 4.69) is 33.8 Å². The van der Waals surface area contributed by atoms with E-state index in [1.165, 1.54) is 23.7 Å². The van der Waals surface area contributed by atoms with Crippen molar-refractivity contribution in [2.24, 2.45) is 0 Å². The fraction of sp³-hybridized carbons (Fsp3) is 0.0952. The number of carbonyl (C=O) groups excluding carboxylic acids is 2. The number of hydrogen-bond acceptors (Lipinski definition) is 5. The van der Waals surface area contributed by atoms with Gasteiger partial charge in [0.05, 0.1) is 12.0 Å². The van der Waals surface area contributed by atoms with Crippen LogP contribution >= 0.6 is 11.3 Å². The summed E-state index contributed by atoms with van der Waals surface area (Å²) in [5.41, 5.74) is 1.80. The number of anilines is 1. The summed E-state index contributed by atoms with van der Waals surface area (Å²) in [5, 5.41) is 9.97. The second kappa shape index (κ2) is 7.66. The number of hydrogen-bond donors (Lipinski definition) is 2. The van der Waals surface area contributed by atoms with Crippen LogP contribution in [0.2, 0.25) is 0 Å². The van der Waals surface area contributed by atoms with E-state index >= 15 is 0 Å². The molecule has 1 atom stereocenters. The van der Waals surface area contributed by atoms with Gasteiger partial charge < -0.3 is 15.1 Å². The van der Waals surface area contributed by atoms with Crippen LogP contribution < -0.4 is 10.6 Å². The molecule has 4 rings (SSSR count). The Morgan fingerprint density at radius 3 is 2.71 bits per heavy atom. The van der Waals surface area contributed by atoms with Gasteiger partial charge in [0.1, 0.15) is 6.04 Å². The van der Waals surface area contributed by atoms with Crippen LogP contribution in [0, 0.1) is 0 Å². The molecule has 2 aromatic heterocycles. The number of aromatic nitrogens is 1. The maximum absolute atomic E-state index is 12.4. The molecule has 7 heteroatoms. The van der Waals surface area contributed by atoms with Crippen LogP contribution in [0.15, 0.2) is 70.7 Å². The van der Waals surface area contributed by atoms with Crippen molar-refractivity contribution in [3.63, 3.8) is 0 Å². The van der Waals surface area contributed by atoms with Crippen LogP contribution in [-0.2, 0) is 4.79 Å². The largest absolute Gasteiger partial charge is 0.459 e. The third-order valence-electron chi connectivity index (χ3n) is 4.29. The lowest BCUT2D eigenvalue weighted by Crippen LogP contribution is -2.41. The summed E-state index contributed by atoms with van der Waals surface area (Å²) in [6, 6.07) is 16.6. The number of amides is 2. The number of benzene rings is 2. The van der Waals surface area contributed by atoms with Gasteiger partial charge in [-0.05, 0) is 29.8 Å². The Kier molecular flexibility index (Phi) is 4.90. The Morgan fingerprint density at radius 2 is 1.89 bits per heavy atom. The van der Waals surface area contributed by atoms with Crippen LogP contribution in [0.3, 0.4) is 0 Å². The lowest BCUT2D eigenvalue weighted by molar-refractivity contribution is -0.117. The number of carbonyl (C=O) groups is 2. The van der Waals surface area contributed by atoms with Crippen LogP contribution in [0.4, 0.5) is 5.13 Å². The SMILES string of the molecule is C[C@H](NC(=O)c1ccco1)C(=O)Nc1nc(-c2cccc3ccccc23)cs1. The number of nitrogens with one attached hydrogen (secondary N) is 2. The third-order valence-corrected chi connectivity index (χ3v) is 5.04. The van der Waals surface area contributed by atoms with Gasteiger partial charge in [0.2, 0.25) is 5.91 Å². The Morgan fingerprint density at radius 1 is 1.07 bits per heavy atom. The average molecular weight is 391 g/mol. The first-order chi connectivity index (χ1) is 13.6. The zero-order valence-corrected chi connectivity index (χ0v) is 15.8. The molecule has 0 unspecified atom stereocenters. The van der Waals surface area contributed by atoms with E-state index in [1.807, 2.05) is 29.6 Å². The summed E-state index contributed by atoms with van der Waals surface area (Å²) in [7, 11) is 0. The fourth-order valence-corrected chi connectivity index (χ4v) is 3.57. The van der Waals surface area contributed by atoms with E-state index in [9.17, 15) is 9.59 Å². The van der Waals surface area contributed by atoms with Gasteiger partial charge in [0, 0.05) is 10.9 Å². The predicted molar refractivity (Wildman–Crippen MR) is 109 cm³/mol. The van der Waals surface area contributed by atoms with Crippen molar-refractivity contribution in [1.82, 2.24) is 10.3 Å². The number of rotatable bonds is 5. The van der Waals surface area contributed by atoms with Crippen LogP contribution in [-0.4, -0.2) is 22.8 Å². The number of nitrogens with zero attached hydrogens (tertiary/aromatic N) is 1. The second-order valence-corrected chi connectivity index (χ2v) is 7.08. The second-order valence-electron chi connectivity index (χ2n) is 6.23. The minimum absolute atomic E-state index is 0.159. The summed E-state index contributed by atoms with van der Waals surface area (Å²) in [5.74, 6) is -0.630. The summed E-state index contributed by atoms with van der Waals surface area (Å²) >= 11 is 1.34. The average Bonchev–Trinajstić information content (AvgIpc) is 3.39. The summed E-state index contributed by atoms with van der Waals surface area (Å²) in [4.78, 5) is 28.9. The van der Waals surface area contributed by atoms with Crippen LogP contribution in [0.1, 0.15) is 17.5 Å². The van der Waals surface area contributed by atoms with E-state index in [-0.39, 0.29) is 11.7 Å². The number of fused-ring (bicyclic) bond motifs is 1. The molecule has 0 aliphatic heterocycles. The van der Waals surface area contributed by atoms with Gasteiger partial charge in [-0.2, -0.15) is 0 Å². The first kappa shape index (κ1) is 17.9. The molecule has 0 spiro atoms. The van der Waals surface area contributed by atoms with Crippen molar-refractivity contribution in [2.45, 2.75) is 13.0 Å². The zero-order chi connectivity index (χ0) is 19.5. The van der Waals surface area contributed by atoms with E-state index in [1.54, 1.807) is 13.0 Å². The molecular formula is C21H17N3O3S. The minimum Gasteiger partial charge on any atom is -0.459 e. The Labute approximate surface area is 165 Å². The first-order valence-electron chi connectivity index (χ1n) is 8.71. The molecule has 2 amide bonds. The Balaban J connectivity index is 1.47. The third kappa shape index (κ3) is 3.65. The zero-order valence-electron chi connectivity index (χ0n) is 15.0. The summed E-state index contributed by atoms with van der Waals surface area (Å²) < 4.78 is 5.03. The Hall–Kier alpha value is -3.45. The van der Waals surface area contributed by atoms with Crippen molar-refractivity contribution in [3.8, 4) is 11.3 Å². The molecule has 2 heterocycles. The van der Waals surface area contributed by atoms with Gasteiger partial charge in [-0.1, -0.05) is 42.5 Å². The molecule has 140 valence electrons. The molecule has 0 aliphatic carbocycles. The molecule has 2 N–H and O–H groups in total. The van der Waals surface area contributed by atoms with Crippen molar-refractivity contribution in [3.05, 3.63) is 72.0 Å². The molecule has 0 fully saturated rings. The molecule has 0 saturated carbocycles. The highest BCUT2D eigenvalue weighted by Gasteiger charge is 2.19. The number of thiazole rings is 1. The predicted octanol–water partition coefficient (Wildman–Crippen LogP) is 4.31. The minimum atomic E-state index is -0.734. The van der Waals surface area contributed by atoms with Crippen molar-refractivity contribution < 1.29 is 14.0 Å². The molecule has 2 aromatic carbocycles. The highest BCUT2D eigenvalue weighted by molar-refractivity contribution is 7.14. The molecule has 0 aliphatic rings. The maximum atomic E-state index is 12.4. The molecule has 0 bridgehead atoms. The molecule has 6 nitrogen and oxygen atoms in total. The highest BCUT2D eigenvalue weighted by atomic mass is 32.1. The highest BCUT2D eigenvalue weighted by Crippen LogP contribution is 2.30.